The minimum absolute atomic E-state index is 0.0445. The van der Waals surface area contributed by atoms with Crippen LogP contribution in [0.4, 0.5) is 16.3 Å². The molecule has 1 saturated carbocycles. The van der Waals surface area contributed by atoms with Crippen LogP contribution in [0.2, 0.25) is 0 Å². The number of nitrogen functional groups attached to an aromatic ring is 1. The highest BCUT2D eigenvalue weighted by molar-refractivity contribution is 5.85. The van der Waals surface area contributed by atoms with E-state index in [9.17, 15) is 9.59 Å². The van der Waals surface area contributed by atoms with Gasteiger partial charge in [-0.05, 0) is 121 Å². The van der Waals surface area contributed by atoms with Gasteiger partial charge in [0.25, 0.3) is 0 Å². The van der Waals surface area contributed by atoms with Gasteiger partial charge in [0.2, 0.25) is 5.91 Å². The molecule has 52 heavy (non-hydrogen) atoms. The van der Waals surface area contributed by atoms with Crippen molar-refractivity contribution in [1.29, 1.82) is 0 Å². The quantitative estimate of drug-likeness (QED) is 0.152. The van der Waals surface area contributed by atoms with Crippen LogP contribution in [0.1, 0.15) is 72.3 Å². The number of imidazole rings is 1. The maximum absolute atomic E-state index is 12.8. The highest BCUT2D eigenvalue weighted by Gasteiger charge is 2.43. The summed E-state index contributed by atoms with van der Waals surface area (Å²) in [6, 6.07) is 24.5. The second kappa shape index (κ2) is 13.9. The monoisotopic (exact) mass is 700 g/mol. The number of amides is 2. The Hall–Kier alpha value is -5.45. The molecule has 3 aromatic heterocycles. The van der Waals surface area contributed by atoms with Crippen LogP contribution in [-0.2, 0) is 15.1 Å². The highest BCUT2D eigenvalue weighted by atomic mass is 16.6. The van der Waals surface area contributed by atoms with E-state index in [-0.39, 0.29) is 17.9 Å². The van der Waals surface area contributed by atoms with E-state index in [4.69, 9.17) is 20.4 Å². The average Bonchev–Trinajstić information content (AvgIpc) is 3.48. The van der Waals surface area contributed by atoms with E-state index in [1.165, 1.54) is 0 Å². The average molecular weight is 701 g/mol. The fourth-order valence-corrected chi connectivity index (χ4v) is 7.19. The topological polar surface area (TPSA) is 140 Å². The largest absolute Gasteiger partial charge is 0.438 e. The highest BCUT2D eigenvalue weighted by Crippen LogP contribution is 2.45. The normalized spacial score (nSPS) is 16.1. The number of hydrogen-bond donors (Lipinski definition) is 3. The molecule has 11 heteroatoms. The molecule has 5 aromatic rings. The minimum Gasteiger partial charge on any atom is -0.438 e. The molecule has 1 saturated heterocycles. The number of nitrogens with one attached hydrogen (secondary N) is 2. The maximum atomic E-state index is 12.8. The Labute approximate surface area is 305 Å². The second-order valence-electron chi connectivity index (χ2n) is 15.4. The molecule has 0 unspecified atom stereocenters. The van der Waals surface area contributed by atoms with Gasteiger partial charge in [-0.25, -0.2) is 19.7 Å². The number of anilines is 2. The number of carbonyl (C=O) groups is 2. The summed E-state index contributed by atoms with van der Waals surface area (Å²) in [5.41, 5.74) is 12.2. The molecule has 2 amide bonds. The van der Waals surface area contributed by atoms with Crippen molar-refractivity contribution in [3.63, 3.8) is 0 Å². The van der Waals surface area contributed by atoms with E-state index in [1.807, 2.05) is 87.7 Å². The molecular formula is C41H48N8O3. The molecule has 2 aromatic carbocycles. The Bertz CT molecular complexity index is 2090. The number of aromatic nitrogens is 4. The molecule has 2 aliphatic rings. The smallest absolute Gasteiger partial charge is 0.408 e. The van der Waals surface area contributed by atoms with E-state index in [0.29, 0.717) is 22.9 Å². The standard InChI is InChI=1S/C41H48N8O3/c1-26(2)44-38(50)27-18-23-48(24-19-27)31-10-6-9-28(25-31)33-16-17-34-37(45-33)49(36(46-34)32-11-7-22-43-35(32)42)30-14-12-29(13-15-30)41(20-8-21-41)52-39(51)47-40(3,4)5/h6-7,9-17,22,25-27H,8,18-21,23-24H2,1-5H3,(H2,42,43)(H,44,50)(H,47,51). The Morgan fingerprint density at radius 1 is 0.942 bits per heavy atom. The maximum Gasteiger partial charge on any atom is 0.408 e. The van der Waals surface area contributed by atoms with Crippen LogP contribution >= 0.6 is 0 Å². The van der Waals surface area contributed by atoms with Crippen molar-refractivity contribution in [1.82, 2.24) is 30.2 Å². The van der Waals surface area contributed by atoms with Crippen molar-refractivity contribution < 1.29 is 14.3 Å². The molecule has 0 radical (unpaired) electrons. The van der Waals surface area contributed by atoms with Crippen LogP contribution in [0.5, 0.6) is 0 Å². The first-order valence-corrected chi connectivity index (χ1v) is 18.3. The van der Waals surface area contributed by atoms with Gasteiger partial charge < -0.3 is 26.0 Å². The number of nitrogens with two attached hydrogens (primary N) is 1. The molecule has 7 rings (SSSR count). The lowest BCUT2D eigenvalue weighted by molar-refractivity contribution is -0.126. The predicted octanol–water partition coefficient (Wildman–Crippen LogP) is 7.38. The molecule has 11 nitrogen and oxygen atoms in total. The number of fused-ring (bicyclic) bond motifs is 1. The molecule has 4 N–H and O–H groups in total. The van der Waals surface area contributed by atoms with Gasteiger partial charge in [-0.15, -0.1) is 0 Å². The van der Waals surface area contributed by atoms with E-state index in [2.05, 4.69) is 44.8 Å². The zero-order valence-electron chi connectivity index (χ0n) is 30.6. The second-order valence-corrected chi connectivity index (χ2v) is 15.4. The summed E-state index contributed by atoms with van der Waals surface area (Å²) in [5, 5.41) is 6.00. The molecular weight excluding hydrogens is 653 g/mol. The van der Waals surface area contributed by atoms with E-state index in [1.54, 1.807) is 6.20 Å². The van der Waals surface area contributed by atoms with Gasteiger partial charge in [-0.3, -0.25) is 9.36 Å². The fourth-order valence-electron chi connectivity index (χ4n) is 7.19. The van der Waals surface area contributed by atoms with Gasteiger partial charge in [0.1, 0.15) is 16.9 Å². The molecule has 0 bridgehead atoms. The zero-order valence-corrected chi connectivity index (χ0v) is 30.6. The van der Waals surface area contributed by atoms with E-state index in [0.717, 1.165) is 78.9 Å². The van der Waals surface area contributed by atoms with Crippen LogP contribution in [0, 0.1) is 5.92 Å². The summed E-state index contributed by atoms with van der Waals surface area (Å²) in [7, 11) is 0. The molecule has 2 fully saturated rings. The number of piperidine rings is 1. The molecule has 1 aliphatic heterocycles. The van der Waals surface area contributed by atoms with Crippen molar-refractivity contribution in [3.8, 4) is 28.3 Å². The van der Waals surface area contributed by atoms with Gasteiger partial charge in [0.05, 0.1) is 11.3 Å². The summed E-state index contributed by atoms with van der Waals surface area (Å²) in [6.07, 6.45) is 5.43. The van der Waals surface area contributed by atoms with Gasteiger partial charge in [0, 0.05) is 53.7 Å². The van der Waals surface area contributed by atoms with Crippen molar-refractivity contribution in [2.45, 2.75) is 83.9 Å². The van der Waals surface area contributed by atoms with E-state index >= 15 is 0 Å². The third-order valence-corrected chi connectivity index (χ3v) is 9.97. The van der Waals surface area contributed by atoms with Crippen LogP contribution < -0.4 is 21.3 Å². The molecule has 0 atom stereocenters. The van der Waals surface area contributed by atoms with Crippen molar-refractivity contribution in [3.05, 3.63) is 84.6 Å². The first-order chi connectivity index (χ1) is 24.9. The third-order valence-electron chi connectivity index (χ3n) is 9.97. The minimum atomic E-state index is -0.659. The first-order valence-electron chi connectivity index (χ1n) is 18.3. The number of rotatable bonds is 8. The number of pyridine rings is 2. The summed E-state index contributed by atoms with van der Waals surface area (Å²) in [5.74, 6) is 1.21. The summed E-state index contributed by atoms with van der Waals surface area (Å²) in [6.45, 7) is 11.5. The Balaban J connectivity index is 1.22. The number of hydrogen-bond acceptors (Lipinski definition) is 8. The number of ether oxygens (including phenoxy) is 1. The number of benzene rings is 2. The lowest BCUT2D eigenvalue weighted by Crippen LogP contribution is -2.47. The predicted molar refractivity (Wildman–Crippen MR) is 205 cm³/mol. The summed E-state index contributed by atoms with van der Waals surface area (Å²) >= 11 is 0. The SMILES string of the molecule is CC(C)NC(=O)C1CCN(c2cccc(-c3ccc4nc(-c5cccnc5N)n(-c5ccc(C6(OC(=O)NC(C)(C)C)CCC6)cc5)c4n3)c2)CC1. The summed E-state index contributed by atoms with van der Waals surface area (Å²) in [4.78, 5) is 42.4. The van der Waals surface area contributed by atoms with E-state index < -0.39 is 17.2 Å². The molecule has 0 spiro atoms. The van der Waals surface area contributed by atoms with Crippen molar-refractivity contribution in [2.75, 3.05) is 23.7 Å². The van der Waals surface area contributed by atoms with Crippen LogP contribution in [-0.4, -0.2) is 56.2 Å². The summed E-state index contributed by atoms with van der Waals surface area (Å²) < 4.78 is 8.09. The van der Waals surface area contributed by atoms with Gasteiger partial charge in [-0.1, -0.05) is 24.3 Å². The van der Waals surface area contributed by atoms with Crippen molar-refractivity contribution in [2.24, 2.45) is 5.92 Å². The van der Waals surface area contributed by atoms with Gasteiger partial charge in [-0.2, -0.15) is 0 Å². The number of alkyl carbamates (subject to hydrolysis) is 1. The Morgan fingerprint density at radius 2 is 1.69 bits per heavy atom. The molecule has 4 heterocycles. The molecule has 270 valence electrons. The third kappa shape index (κ3) is 7.17. The van der Waals surface area contributed by atoms with Gasteiger partial charge in [0.15, 0.2) is 11.5 Å². The van der Waals surface area contributed by atoms with Crippen molar-refractivity contribution >= 4 is 34.7 Å². The lowest BCUT2D eigenvalue weighted by Gasteiger charge is -2.42. The van der Waals surface area contributed by atoms with Crippen LogP contribution in [0.3, 0.4) is 0 Å². The number of carbonyl (C=O) groups excluding carboxylic acids is 2. The van der Waals surface area contributed by atoms with Crippen LogP contribution in [0.25, 0.3) is 39.5 Å². The lowest BCUT2D eigenvalue weighted by atomic mass is 9.75. The first kappa shape index (κ1) is 35.0. The number of nitrogens with zero attached hydrogens (tertiary/aromatic N) is 5. The van der Waals surface area contributed by atoms with Gasteiger partial charge >= 0.3 is 6.09 Å². The molecule has 1 aliphatic carbocycles. The Morgan fingerprint density at radius 3 is 2.35 bits per heavy atom. The Kier molecular flexibility index (Phi) is 9.37. The fraction of sp³-hybridized carbons (Fsp3) is 0.390. The van der Waals surface area contributed by atoms with Crippen LogP contribution in [0.15, 0.2) is 79.0 Å². The zero-order chi connectivity index (χ0) is 36.6.